The van der Waals surface area contributed by atoms with E-state index in [0.717, 1.165) is 23.6 Å². The quantitative estimate of drug-likeness (QED) is 0.779. The zero-order chi connectivity index (χ0) is 16.5. The smallest absolute Gasteiger partial charge is 0.271 e. The van der Waals surface area contributed by atoms with Gasteiger partial charge in [-0.05, 0) is 24.6 Å². The third-order valence-corrected chi connectivity index (χ3v) is 5.60. The van der Waals surface area contributed by atoms with Crippen LogP contribution in [-0.4, -0.2) is 44.3 Å². The number of thiophene rings is 1. The van der Waals surface area contributed by atoms with Gasteiger partial charge in [-0.1, -0.05) is 11.6 Å². The number of halogens is 1. The van der Waals surface area contributed by atoms with Crippen molar-refractivity contribution >= 4 is 28.8 Å². The molecule has 0 aromatic carbocycles. The van der Waals surface area contributed by atoms with Gasteiger partial charge < -0.3 is 4.90 Å². The van der Waals surface area contributed by atoms with E-state index in [1.807, 2.05) is 22.4 Å². The monoisotopic (exact) mass is 359 g/mol. The molecule has 1 N–H and O–H groups in total. The fourth-order valence-corrected chi connectivity index (χ4v) is 4.12. The molecule has 1 atom stereocenters. The molecule has 1 amide bonds. The van der Waals surface area contributed by atoms with E-state index in [4.69, 9.17) is 11.6 Å². The maximum atomic E-state index is 12.7. The molecule has 0 spiro atoms. The van der Waals surface area contributed by atoms with E-state index in [0.29, 0.717) is 23.9 Å². The summed E-state index contributed by atoms with van der Waals surface area (Å²) in [6, 6.07) is 5.56. The van der Waals surface area contributed by atoms with Crippen molar-refractivity contribution in [3.8, 4) is 11.3 Å². The van der Waals surface area contributed by atoms with Gasteiger partial charge in [-0.3, -0.25) is 9.89 Å². The molecule has 0 aliphatic carbocycles. The zero-order valence-electron chi connectivity index (χ0n) is 12.6. The van der Waals surface area contributed by atoms with Gasteiger partial charge in [0, 0.05) is 34.8 Å². The minimum atomic E-state index is -0.0269. The summed E-state index contributed by atoms with van der Waals surface area (Å²) in [5, 5.41) is 17.3. The third-order valence-electron chi connectivity index (χ3n) is 4.15. The number of aromatic amines is 1. The summed E-state index contributed by atoms with van der Waals surface area (Å²) in [5.41, 5.74) is 2.01. The Morgan fingerprint density at radius 3 is 3.04 bits per heavy atom. The lowest BCUT2D eigenvalue weighted by Crippen LogP contribution is -2.28. The van der Waals surface area contributed by atoms with Crippen molar-refractivity contribution in [3.63, 3.8) is 0 Å². The maximum absolute atomic E-state index is 12.7. The summed E-state index contributed by atoms with van der Waals surface area (Å²) in [6.07, 6.45) is 4.18. The summed E-state index contributed by atoms with van der Waals surface area (Å²) in [6.45, 7) is 1.45. The Bertz CT molecular complexity index is 862. The van der Waals surface area contributed by atoms with Crippen LogP contribution in [0.25, 0.3) is 11.3 Å². The number of hydrogen-bond donors (Lipinski definition) is 1. The van der Waals surface area contributed by atoms with E-state index in [1.165, 1.54) is 4.88 Å². The van der Waals surface area contributed by atoms with Crippen LogP contribution >= 0.6 is 22.9 Å². The highest BCUT2D eigenvalue weighted by Crippen LogP contribution is 2.33. The fourth-order valence-electron chi connectivity index (χ4n) is 2.91. The van der Waals surface area contributed by atoms with Gasteiger partial charge in [0.05, 0.1) is 23.1 Å². The van der Waals surface area contributed by atoms with E-state index in [1.54, 1.807) is 29.8 Å². The maximum Gasteiger partial charge on any atom is 0.271 e. The van der Waals surface area contributed by atoms with Gasteiger partial charge in [0.2, 0.25) is 0 Å². The van der Waals surface area contributed by atoms with Crippen LogP contribution in [0.2, 0.25) is 5.02 Å². The van der Waals surface area contributed by atoms with Crippen molar-refractivity contribution in [1.29, 1.82) is 0 Å². The van der Waals surface area contributed by atoms with Crippen molar-refractivity contribution in [3.05, 3.63) is 51.6 Å². The SMILES string of the molecule is O=C(c1cc(-c2ccnnc2)n[nH]1)N1CC[C@H](c2cc(Cl)cs2)C1. The lowest BCUT2D eigenvalue weighted by atomic mass is 10.1. The van der Waals surface area contributed by atoms with E-state index in [9.17, 15) is 4.79 Å². The average molecular weight is 360 g/mol. The molecule has 24 heavy (non-hydrogen) atoms. The average Bonchev–Trinajstić information content (AvgIpc) is 3.35. The zero-order valence-corrected chi connectivity index (χ0v) is 14.2. The van der Waals surface area contributed by atoms with Crippen molar-refractivity contribution in [2.24, 2.45) is 0 Å². The number of carbonyl (C=O) groups excluding carboxylic acids is 1. The predicted octanol–water partition coefficient (Wildman–Crippen LogP) is 3.21. The van der Waals surface area contributed by atoms with Crippen molar-refractivity contribution in [2.75, 3.05) is 13.1 Å². The van der Waals surface area contributed by atoms with Crippen LogP contribution in [0.3, 0.4) is 0 Å². The molecule has 1 saturated heterocycles. The normalized spacial score (nSPS) is 17.4. The second kappa shape index (κ2) is 6.33. The first-order valence-corrected chi connectivity index (χ1v) is 8.82. The Balaban J connectivity index is 1.48. The highest BCUT2D eigenvalue weighted by atomic mass is 35.5. The van der Waals surface area contributed by atoms with Gasteiger partial charge >= 0.3 is 0 Å². The lowest BCUT2D eigenvalue weighted by Gasteiger charge is -2.14. The van der Waals surface area contributed by atoms with Crippen LogP contribution in [0.4, 0.5) is 0 Å². The van der Waals surface area contributed by atoms with Gasteiger partial charge in [0.25, 0.3) is 5.91 Å². The van der Waals surface area contributed by atoms with Crippen LogP contribution in [0, 0.1) is 0 Å². The molecule has 8 heteroatoms. The van der Waals surface area contributed by atoms with E-state index in [2.05, 4.69) is 20.4 Å². The summed E-state index contributed by atoms with van der Waals surface area (Å²) < 4.78 is 0. The molecule has 122 valence electrons. The predicted molar refractivity (Wildman–Crippen MR) is 92.2 cm³/mol. The summed E-state index contributed by atoms with van der Waals surface area (Å²) >= 11 is 7.66. The molecule has 4 heterocycles. The lowest BCUT2D eigenvalue weighted by molar-refractivity contribution is 0.0785. The van der Waals surface area contributed by atoms with E-state index in [-0.39, 0.29) is 5.91 Å². The van der Waals surface area contributed by atoms with Crippen LogP contribution in [-0.2, 0) is 0 Å². The number of nitrogens with one attached hydrogen (secondary N) is 1. The Hall–Kier alpha value is -2.25. The highest BCUT2D eigenvalue weighted by Gasteiger charge is 2.29. The second-order valence-electron chi connectivity index (χ2n) is 5.70. The van der Waals surface area contributed by atoms with Gasteiger partial charge in [0.15, 0.2) is 0 Å². The molecule has 3 aromatic rings. The van der Waals surface area contributed by atoms with E-state index < -0.39 is 0 Å². The molecule has 1 aliphatic rings. The highest BCUT2D eigenvalue weighted by molar-refractivity contribution is 7.10. The topological polar surface area (TPSA) is 74.8 Å². The third kappa shape index (κ3) is 2.92. The Labute approximate surface area is 147 Å². The number of H-pyrrole nitrogens is 1. The first-order chi connectivity index (χ1) is 11.7. The van der Waals surface area contributed by atoms with Crippen LogP contribution in [0.15, 0.2) is 36.0 Å². The van der Waals surface area contributed by atoms with Gasteiger partial charge in [-0.25, -0.2) is 0 Å². The Morgan fingerprint density at radius 2 is 2.29 bits per heavy atom. The first kappa shape index (κ1) is 15.3. The number of nitrogens with zero attached hydrogens (tertiary/aromatic N) is 4. The molecular formula is C16H14ClN5OS. The molecule has 0 saturated carbocycles. The number of rotatable bonds is 3. The molecule has 6 nitrogen and oxygen atoms in total. The minimum absolute atomic E-state index is 0.0269. The van der Waals surface area contributed by atoms with Crippen molar-refractivity contribution < 1.29 is 4.79 Å². The number of carbonyl (C=O) groups is 1. The Morgan fingerprint density at radius 1 is 1.38 bits per heavy atom. The second-order valence-corrected chi connectivity index (χ2v) is 7.08. The van der Waals surface area contributed by atoms with E-state index >= 15 is 0 Å². The molecule has 0 unspecified atom stereocenters. The molecular weight excluding hydrogens is 346 g/mol. The molecule has 3 aromatic heterocycles. The van der Waals surface area contributed by atoms with Gasteiger partial charge in [0.1, 0.15) is 5.69 Å². The van der Waals surface area contributed by atoms with Crippen LogP contribution in [0.1, 0.15) is 27.7 Å². The number of likely N-dealkylation sites (tertiary alicyclic amines) is 1. The van der Waals surface area contributed by atoms with Crippen molar-refractivity contribution in [1.82, 2.24) is 25.3 Å². The number of aromatic nitrogens is 4. The molecule has 1 fully saturated rings. The van der Waals surface area contributed by atoms with Gasteiger partial charge in [-0.15, -0.1) is 11.3 Å². The summed E-state index contributed by atoms with van der Waals surface area (Å²) in [5.74, 6) is 0.333. The van der Waals surface area contributed by atoms with Crippen molar-refractivity contribution in [2.45, 2.75) is 12.3 Å². The molecule has 0 bridgehead atoms. The largest absolute Gasteiger partial charge is 0.337 e. The standard InChI is InChI=1S/C16H14ClN5OS/c17-12-5-15(24-9-12)11-2-4-22(8-11)16(23)14-6-13(20-21-14)10-1-3-18-19-7-10/h1,3,5-7,9,11H,2,4,8H2,(H,20,21)/t11-/m0/s1. The summed E-state index contributed by atoms with van der Waals surface area (Å²) in [7, 11) is 0. The number of hydrogen-bond acceptors (Lipinski definition) is 5. The van der Waals surface area contributed by atoms with Gasteiger partial charge in [-0.2, -0.15) is 15.3 Å². The fraction of sp³-hybridized carbons (Fsp3) is 0.250. The molecule has 0 radical (unpaired) electrons. The molecule has 4 rings (SSSR count). The van der Waals surface area contributed by atoms with Crippen LogP contribution < -0.4 is 0 Å². The van der Waals surface area contributed by atoms with Crippen LogP contribution in [0.5, 0.6) is 0 Å². The Kier molecular flexibility index (Phi) is 4.03. The molecule has 1 aliphatic heterocycles. The first-order valence-electron chi connectivity index (χ1n) is 7.56. The number of amides is 1. The minimum Gasteiger partial charge on any atom is -0.337 e. The summed E-state index contributed by atoms with van der Waals surface area (Å²) in [4.78, 5) is 15.8.